The van der Waals surface area contributed by atoms with E-state index in [0.717, 1.165) is 36.8 Å². The van der Waals surface area contributed by atoms with E-state index < -0.39 is 6.04 Å². The lowest BCUT2D eigenvalue weighted by molar-refractivity contribution is -0.143. The molecule has 1 fully saturated rings. The van der Waals surface area contributed by atoms with E-state index in [0.29, 0.717) is 22.9 Å². The Morgan fingerprint density at radius 3 is 2.21 bits per heavy atom. The number of rotatable bonds is 11. The van der Waals surface area contributed by atoms with Crippen LogP contribution in [0.3, 0.4) is 0 Å². The molecule has 7 heteroatoms. The summed E-state index contributed by atoms with van der Waals surface area (Å²) in [4.78, 5) is 29.1. The van der Waals surface area contributed by atoms with Crippen LogP contribution in [0.4, 0.5) is 0 Å². The van der Waals surface area contributed by atoms with E-state index in [1.165, 1.54) is 6.42 Å². The molecule has 3 aromatic carbocycles. The van der Waals surface area contributed by atoms with Gasteiger partial charge in [0, 0.05) is 24.0 Å². The van der Waals surface area contributed by atoms with Crippen LogP contribution in [0.2, 0.25) is 5.02 Å². The van der Waals surface area contributed by atoms with Gasteiger partial charge in [0.15, 0.2) is 6.61 Å². The van der Waals surface area contributed by atoms with Crippen molar-refractivity contribution in [2.45, 2.75) is 57.2 Å². The number of hydrogen-bond donors (Lipinski definition) is 1. The fourth-order valence-electron chi connectivity index (χ4n) is 4.78. The smallest absolute Gasteiger partial charge is 0.261 e. The van der Waals surface area contributed by atoms with Gasteiger partial charge in [-0.25, -0.2) is 0 Å². The van der Waals surface area contributed by atoms with Gasteiger partial charge in [0.2, 0.25) is 5.91 Å². The van der Waals surface area contributed by atoms with Crippen molar-refractivity contribution < 1.29 is 19.1 Å². The summed E-state index contributed by atoms with van der Waals surface area (Å²) in [6.45, 7) is 0.0689. The summed E-state index contributed by atoms with van der Waals surface area (Å²) in [7, 11) is 1.60. The summed E-state index contributed by atoms with van der Waals surface area (Å²) < 4.78 is 11.0. The first-order chi connectivity index (χ1) is 18.5. The van der Waals surface area contributed by atoms with Crippen LogP contribution in [0.25, 0.3) is 0 Å². The van der Waals surface area contributed by atoms with Gasteiger partial charge in [-0.05, 0) is 60.4 Å². The Balaban J connectivity index is 1.58. The molecule has 0 aliphatic heterocycles. The van der Waals surface area contributed by atoms with Crippen LogP contribution in [0.1, 0.15) is 43.2 Å². The predicted molar refractivity (Wildman–Crippen MR) is 149 cm³/mol. The number of hydrogen-bond acceptors (Lipinski definition) is 4. The lowest BCUT2D eigenvalue weighted by Crippen LogP contribution is -2.53. The summed E-state index contributed by atoms with van der Waals surface area (Å²) in [6, 6.07) is 23.7. The van der Waals surface area contributed by atoms with Crippen molar-refractivity contribution in [2.75, 3.05) is 13.7 Å². The average Bonchev–Trinajstić information content (AvgIpc) is 2.96. The highest BCUT2D eigenvalue weighted by Gasteiger charge is 2.32. The Labute approximate surface area is 229 Å². The first-order valence-corrected chi connectivity index (χ1v) is 13.5. The molecule has 38 heavy (non-hydrogen) atoms. The van der Waals surface area contributed by atoms with Gasteiger partial charge in [-0.15, -0.1) is 0 Å². The van der Waals surface area contributed by atoms with Crippen LogP contribution in [0, 0.1) is 0 Å². The maximum atomic E-state index is 13.8. The Morgan fingerprint density at radius 2 is 1.55 bits per heavy atom. The number of halogens is 1. The molecular weight excluding hydrogens is 500 g/mol. The minimum absolute atomic E-state index is 0.132. The standard InChI is InChI=1S/C31H35ClN2O4/c1-37-27-16-18-28(19-17-27)38-22-30(35)34(21-24-12-14-25(32)15-13-24)29(20-23-8-4-2-5-9-23)31(36)33-26-10-6-3-7-11-26/h2,4-5,8-9,12-19,26,29H,3,6-7,10-11,20-22H2,1H3,(H,33,36)/t29-/m0/s1. The molecule has 1 aliphatic rings. The van der Waals surface area contributed by atoms with E-state index >= 15 is 0 Å². The van der Waals surface area contributed by atoms with Gasteiger partial charge >= 0.3 is 0 Å². The van der Waals surface area contributed by atoms with Gasteiger partial charge in [-0.3, -0.25) is 9.59 Å². The van der Waals surface area contributed by atoms with Crippen LogP contribution in [0.5, 0.6) is 11.5 Å². The highest BCUT2D eigenvalue weighted by atomic mass is 35.5. The summed E-state index contributed by atoms with van der Waals surface area (Å²) in [6.07, 6.45) is 5.75. The van der Waals surface area contributed by atoms with Crippen molar-refractivity contribution in [1.82, 2.24) is 10.2 Å². The predicted octanol–water partition coefficient (Wildman–Crippen LogP) is 5.82. The van der Waals surface area contributed by atoms with Crippen LogP contribution < -0.4 is 14.8 Å². The van der Waals surface area contributed by atoms with E-state index in [-0.39, 0.29) is 31.0 Å². The minimum atomic E-state index is -0.693. The molecule has 200 valence electrons. The van der Waals surface area contributed by atoms with Crippen LogP contribution >= 0.6 is 11.6 Å². The van der Waals surface area contributed by atoms with E-state index in [1.54, 1.807) is 48.4 Å². The number of nitrogens with one attached hydrogen (secondary N) is 1. The number of benzene rings is 3. The summed E-state index contributed by atoms with van der Waals surface area (Å²) in [5, 5.41) is 3.86. The van der Waals surface area contributed by atoms with Gasteiger partial charge < -0.3 is 19.7 Å². The SMILES string of the molecule is COc1ccc(OCC(=O)N(Cc2ccc(Cl)cc2)[C@@H](Cc2ccccc2)C(=O)NC2CCCCC2)cc1. The Bertz CT molecular complexity index is 1160. The molecule has 2 amide bonds. The van der Waals surface area contributed by atoms with Crippen LogP contribution in [-0.4, -0.2) is 42.5 Å². The van der Waals surface area contributed by atoms with Gasteiger partial charge in [-0.1, -0.05) is 73.3 Å². The molecule has 4 rings (SSSR count). The molecule has 0 unspecified atom stereocenters. The molecule has 1 N–H and O–H groups in total. The largest absolute Gasteiger partial charge is 0.497 e. The highest BCUT2D eigenvalue weighted by molar-refractivity contribution is 6.30. The fourth-order valence-corrected chi connectivity index (χ4v) is 4.91. The first-order valence-electron chi connectivity index (χ1n) is 13.2. The zero-order chi connectivity index (χ0) is 26.7. The number of ether oxygens (including phenoxy) is 2. The zero-order valence-corrected chi connectivity index (χ0v) is 22.5. The third-order valence-electron chi connectivity index (χ3n) is 6.91. The second kappa shape index (κ2) is 13.9. The van der Waals surface area contributed by atoms with E-state index in [9.17, 15) is 9.59 Å². The van der Waals surface area contributed by atoms with E-state index in [1.807, 2.05) is 42.5 Å². The molecule has 6 nitrogen and oxygen atoms in total. The van der Waals surface area contributed by atoms with Crippen LogP contribution in [-0.2, 0) is 22.6 Å². The van der Waals surface area contributed by atoms with Crippen LogP contribution in [0.15, 0.2) is 78.9 Å². The number of carbonyl (C=O) groups is 2. The van der Waals surface area contributed by atoms with E-state index in [2.05, 4.69) is 5.32 Å². The molecule has 0 bridgehead atoms. The number of amides is 2. The third-order valence-corrected chi connectivity index (χ3v) is 7.16. The van der Waals surface area contributed by atoms with Crippen molar-refractivity contribution >= 4 is 23.4 Å². The number of methoxy groups -OCH3 is 1. The third kappa shape index (κ3) is 7.99. The molecule has 0 heterocycles. The molecular formula is C31H35ClN2O4. The summed E-state index contributed by atoms with van der Waals surface area (Å²) in [5.74, 6) is 0.857. The number of nitrogens with zero attached hydrogens (tertiary/aromatic N) is 1. The molecule has 0 radical (unpaired) electrons. The topological polar surface area (TPSA) is 67.9 Å². The second-order valence-electron chi connectivity index (χ2n) is 9.66. The number of carbonyl (C=O) groups excluding carboxylic acids is 2. The highest BCUT2D eigenvalue weighted by Crippen LogP contribution is 2.21. The Hall–Kier alpha value is -3.51. The minimum Gasteiger partial charge on any atom is -0.497 e. The lowest BCUT2D eigenvalue weighted by atomic mass is 9.94. The molecule has 0 spiro atoms. The Morgan fingerprint density at radius 1 is 0.895 bits per heavy atom. The van der Waals surface area contributed by atoms with Crippen molar-refractivity contribution in [3.05, 3.63) is 95.0 Å². The van der Waals surface area contributed by atoms with E-state index in [4.69, 9.17) is 21.1 Å². The molecule has 1 aliphatic carbocycles. The first kappa shape index (κ1) is 27.5. The van der Waals surface area contributed by atoms with Crippen molar-refractivity contribution in [3.8, 4) is 11.5 Å². The maximum Gasteiger partial charge on any atom is 0.261 e. The Kier molecular flexibility index (Phi) is 10.0. The molecule has 0 aromatic heterocycles. The lowest BCUT2D eigenvalue weighted by Gasteiger charge is -2.33. The monoisotopic (exact) mass is 534 g/mol. The summed E-state index contributed by atoms with van der Waals surface area (Å²) >= 11 is 6.11. The van der Waals surface area contributed by atoms with Gasteiger partial charge in [0.1, 0.15) is 17.5 Å². The maximum absolute atomic E-state index is 13.8. The summed E-state index contributed by atoms with van der Waals surface area (Å²) in [5.41, 5.74) is 1.87. The van der Waals surface area contributed by atoms with Crippen molar-refractivity contribution in [1.29, 1.82) is 0 Å². The normalized spacial score (nSPS) is 14.4. The molecule has 1 atom stereocenters. The fraction of sp³-hybridized carbons (Fsp3) is 0.355. The van der Waals surface area contributed by atoms with Gasteiger partial charge in [0.25, 0.3) is 5.91 Å². The molecule has 0 saturated heterocycles. The van der Waals surface area contributed by atoms with Gasteiger partial charge in [0.05, 0.1) is 7.11 Å². The second-order valence-corrected chi connectivity index (χ2v) is 10.1. The quantitative estimate of drug-likeness (QED) is 0.337. The van der Waals surface area contributed by atoms with Crippen molar-refractivity contribution in [2.24, 2.45) is 0 Å². The van der Waals surface area contributed by atoms with Crippen molar-refractivity contribution in [3.63, 3.8) is 0 Å². The average molecular weight is 535 g/mol. The van der Waals surface area contributed by atoms with Gasteiger partial charge in [-0.2, -0.15) is 0 Å². The molecule has 3 aromatic rings. The zero-order valence-electron chi connectivity index (χ0n) is 21.8. The molecule has 1 saturated carbocycles.